The molecule has 0 heterocycles. The predicted octanol–water partition coefficient (Wildman–Crippen LogP) is 2.76. The van der Waals surface area contributed by atoms with Crippen molar-refractivity contribution in [1.29, 1.82) is 0 Å². The molecule has 4 nitrogen and oxygen atoms in total. The number of carbonyl (C=O) groups excluding carboxylic acids is 1. The second-order valence-corrected chi connectivity index (χ2v) is 7.86. The van der Waals surface area contributed by atoms with Gasteiger partial charge in [0.25, 0.3) is 0 Å². The van der Waals surface area contributed by atoms with Gasteiger partial charge in [0.1, 0.15) is 0 Å². The minimum atomic E-state index is -0.857. The molecule has 3 atom stereocenters. The minimum absolute atomic E-state index is 0.114. The smallest absolute Gasteiger partial charge is 0.315 e. The van der Waals surface area contributed by atoms with Crippen LogP contribution >= 0.6 is 11.8 Å². The summed E-state index contributed by atoms with van der Waals surface area (Å²) in [5, 5.41) is 16.6. The molecular weight excluding hydrogens is 272 g/mol. The third-order valence-electron chi connectivity index (χ3n) is 4.21. The van der Waals surface area contributed by atoms with E-state index in [9.17, 15) is 9.90 Å². The summed E-state index contributed by atoms with van der Waals surface area (Å²) in [5.41, 5.74) is -0.857. The Hall–Kier alpha value is -0.420. The number of hydrogen-bond acceptors (Lipinski definition) is 3. The van der Waals surface area contributed by atoms with Crippen molar-refractivity contribution in [1.82, 2.24) is 10.6 Å². The molecule has 0 aromatic heterocycles. The molecule has 3 N–H and O–H groups in total. The Morgan fingerprint density at radius 3 is 2.75 bits per heavy atom. The number of urea groups is 1. The van der Waals surface area contributed by atoms with E-state index in [1.807, 2.05) is 25.6 Å². The number of aliphatic hydroxyl groups is 1. The molecule has 0 spiro atoms. The molecule has 0 aromatic rings. The first-order valence-electron chi connectivity index (χ1n) is 7.73. The van der Waals surface area contributed by atoms with Crippen molar-refractivity contribution in [2.75, 3.05) is 12.3 Å². The fourth-order valence-corrected chi connectivity index (χ4v) is 3.54. The van der Waals surface area contributed by atoms with Gasteiger partial charge in [0.05, 0.1) is 5.60 Å². The lowest BCUT2D eigenvalue weighted by Gasteiger charge is -2.31. The van der Waals surface area contributed by atoms with E-state index < -0.39 is 5.60 Å². The Morgan fingerprint density at radius 2 is 2.15 bits per heavy atom. The summed E-state index contributed by atoms with van der Waals surface area (Å²) in [6.07, 6.45) is 4.58. The number of amides is 2. The lowest BCUT2D eigenvalue weighted by atomic mass is 9.92. The zero-order valence-corrected chi connectivity index (χ0v) is 14.1. The number of thioether (sulfide) groups is 1. The van der Waals surface area contributed by atoms with Gasteiger partial charge in [-0.2, -0.15) is 11.8 Å². The average molecular weight is 302 g/mol. The van der Waals surface area contributed by atoms with E-state index in [4.69, 9.17) is 0 Å². The quantitative estimate of drug-likeness (QED) is 0.707. The molecule has 0 aromatic carbocycles. The van der Waals surface area contributed by atoms with Crippen LogP contribution in [0, 0.1) is 5.92 Å². The minimum Gasteiger partial charge on any atom is -0.388 e. The largest absolute Gasteiger partial charge is 0.388 e. The van der Waals surface area contributed by atoms with Gasteiger partial charge in [-0.1, -0.05) is 27.2 Å². The highest BCUT2D eigenvalue weighted by molar-refractivity contribution is 7.99. The highest BCUT2D eigenvalue weighted by Gasteiger charge is 2.27. The van der Waals surface area contributed by atoms with E-state index in [-0.39, 0.29) is 24.5 Å². The molecule has 20 heavy (non-hydrogen) atoms. The van der Waals surface area contributed by atoms with Gasteiger partial charge in [-0.15, -0.1) is 0 Å². The highest BCUT2D eigenvalue weighted by Crippen LogP contribution is 2.28. The summed E-state index contributed by atoms with van der Waals surface area (Å²) in [5.74, 6) is 1.25. The molecule has 2 amide bonds. The Bertz CT molecular complexity index is 306. The van der Waals surface area contributed by atoms with Crippen molar-refractivity contribution in [3.05, 3.63) is 0 Å². The maximum atomic E-state index is 11.9. The maximum Gasteiger partial charge on any atom is 0.315 e. The van der Waals surface area contributed by atoms with Crippen LogP contribution < -0.4 is 10.6 Å². The topological polar surface area (TPSA) is 61.4 Å². The van der Waals surface area contributed by atoms with Gasteiger partial charge in [0.15, 0.2) is 0 Å². The molecule has 1 aliphatic carbocycles. The standard InChI is InChI=1S/C15H30N2O2S/c1-5-20-13-8-6-7-12(9-13)17-14(18)16-10-15(4,19)11(2)3/h11-13,19H,5-10H2,1-4H3,(H2,16,17,18). The van der Waals surface area contributed by atoms with Gasteiger partial charge in [-0.3, -0.25) is 0 Å². The zero-order valence-electron chi connectivity index (χ0n) is 13.2. The lowest BCUT2D eigenvalue weighted by Crippen LogP contribution is -2.50. The molecule has 0 bridgehead atoms. The van der Waals surface area contributed by atoms with Crippen molar-refractivity contribution < 1.29 is 9.90 Å². The van der Waals surface area contributed by atoms with Crippen molar-refractivity contribution in [3.63, 3.8) is 0 Å². The van der Waals surface area contributed by atoms with Crippen LogP contribution in [0.25, 0.3) is 0 Å². The molecule has 0 saturated heterocycles. The highest BCUT2D eigenvalue weighted by atomic mass is 32.2. The van der Waals surface area contributed by atoms with Crippen LogP contribution in [0.5, 0.6) is 0 Å². The first-order valence-corrected chi connectivity index (χ1v) is 8.78. The summed E-state index contributed by atoms with van der Waals surface area (Å²) in [6, 6.07) is 0.120. The van der Waals surface area contributed by atoms with Gasteiger partial charge in [0.2, 0.25) is 0 Å². The van der Waals surface area contributed by atoms with E-state index in [0.29, 0.717) is 5.25 Å². The molecule has 1 rings (SSSR count). The molecule has 1 fully saturated rings. The molecule has 5 heteroatoms. The van der Waals surface area contributed by atoms with Crippen LogP contribution in [0.2, 0.25) is 0 Å². The zero-order chi connectivity index (χ0) is 15.2. The third kappa shape index (κ3) is 5.92. The molecular formula is C15H30N2O2S. The molecule has 0 aliphatic heterocycles. The fourth-order valence-electron chi connectivity index (χ4n) is 2.36. The van der Waals surface area contributed by atoms with Gasteiger partial charge >= 0.3 is 6.03 Å². The molecule has 1 aliphatic rings. The van der Waals surface area contributed by atoms with Gasteiger partial charge in [0, 0.05) is 17.8 Å². The van der Waals surface area contributed by atoms with Crippen LogP contribution in [0.3, 0.4) is 0 Å². The summed E-state index contributed by atoms with van der Waals surface area (Å²) >= 11 is 1.99. The monoisotopic (exact) mass is 302 g/mol. The fraction of sp³-hybridized carbons (Fsp3) is 0.933. The van der Waals surface area contributed by atoms with Gasteiger partial charge in [-0.25, -0.2) is 4.79 Å². The number of nitrogens with one attached hydrogen (secondary N) is 2. The predicted molar refractivity (Wildman–Crippen MR) is 86.2 cm³/mol. The Labute approximate surface area is 127 Å². The van der Waals surface area contributed by atoms with Crippen LogP contribution in [0.1, 0.15) is 53.4 Å². The van der Waals surface area contributed by atoms with Crippen LogP contribution in [0.4, 0.5) is 4.79 Å². The van der Waals surface area contributed by atoms with Crippen molar-refractivity contribution in [2.24, 2.45) is 5.92 Å². The SMILES string of the molecule is CCSC1CCCC(NC(=O)NCC(C)(O)C(C)C)C1. The maximum absolute atomic E-state index is 11.9. The number of carbonyl (C=O) groups is 1. The van der Waals surface area contributed by atoms with E-state index in [1.54, 1.807) is 6.92 Å². The Balaban J connectivity index is 2.31. The summed E-state index contributed by atoms with van der Waals surface area (Å²) in [7, 11) is 0. The van der Waals surface area contributed by atoms with Gasteiger partial charge < -0.3 is 15.7 Å². The van der Waals surface area contributed by atoms with Gasteiger partial charge in [-0.05, 0) is 37.9 Å². The van der Waals surface area contributed by atoms with Crippen molar-refractivity contribution in [2.45, 2.75) is 70.3 Å². The first-order chi connectivity index (χ1) is 9.35. The summed E-state index contributed by atoms with van der Waals surface area (Å²) < 4.78 is 0. The molecule has 0 radical (unpaired) electrons. The van der Waals surface area contributed by atoms with Crippen LogP contribution in [0.15, 0.2) is 0 Å². The van der Waals surface area contributed by atoms with E-state index in [2.05, 4.69) is 17.6 Å². The summed E-state index contributed by atoms with van der Waals surface area (Å²) in [4.78, 5) is 11.9. The van der Waals surface area contributed by atoms with E-state index in [0.717, 1.165) is 18.6 Å². The average Bonchev–Trinajstić information content (AvgIpc) is 2.37. The molecule has 3 unspecified atom stereocenters. The lowest BCUT2D eigenvalue weighted by molar-refractivity contribution is 0.0165. The van der Waals surface area contributed by atoms with Crippen LogP contribution in [-0.4, -0.2) is 40.3 Å². The van der Waals surface area contributed by atoms with Crippen LogP contribution in [-0.2, 0) is 0 Å². The normalized spacial score (nSPS) is 26.1. The second-order valence-electron chi connectivity index (χ2n) is 6.28. The van der Waals surface area contributed by atoms with Crippen molar-refractivity contribution in [3.8, 4) is 0 Å². The molecule has 1 saturated carbocycles. The van der Waals surface area contributed by atoms with E-state index >= 15 is 0 Å². The third-order valence-corrected chi connectivity index (χ3v) is 5.45. The molecule has 118 valence electrons. The second kappa shape index (κ2) is 8.13. The Morgan fingerprint density at radius 1 is 1.45 bits per heavy atom. The van der Waals surface area contributed by atoms with Crippen molar-refractivity contribution >= 4 is 17.8 Å². The number of rotatable bonds is 6. The Kier molecular flexibility index (Phi) is 7.17. The number of hydrogen-bond donors (Lipinski definition) is 3. The van der Waals surface area contributed by atoms with E-state index in [1.165, 1.54) is 12.8 Å². The first kappa shape index (κ1) is 17.6. The summed E-state index contributed by atoms with van der Waals surface area (Å²) in [6.45, 7) is 8.13.